The Labute approximate surface area is 176 Å². The summed E-state index contributed by atoms with van der Waals surface area (Å²) in [6.45, 7) is 6.31. The Balaban J connectivity index is 2.07. The van der Waals surface area contributed by atoms with E-state index in [2.05, 4.69) is 11.4 Å². The molecule has 29 heavy (non-hydrogen) atoms. The SMILES string of the molecule is CCCNC(=O)[C@@H](C)N(Cc1ccccc1F)C(=O)CSCc1cccc(C)c1. The summed E-state index contributed by atoms with van der Waals surface area (Å²) in [7, 11) is 0. The molecule has 2 amide bonds. The highest BCUT2D eigenvalue weighted by Crippen LogP contribution is 2.18. The second-order valence-corrected chi connectivity index (χ2v) is 8.05. The molecule has 1 N–H and O–H groups in total. The third-order valence-corrected chi connectivity index (χ3v) is 5.58. The van der Waals surface area contributed by atoms with Crippen LogP contribution in [0.25, 0.3) is 0 Å². The minimum Gasteiger partial charge on any atom is -0.354 e. The number of halogens is 1. The Kier molecular flexibility index (Phi) is 9.19. The summed E-state index contributed by atoms with van der Waals surface area (Å²) in [5.74, 6) is 0.162. The summed E-state index contributed by atoms with van der Waals surface area (Å²) in [5.41, 5.74) is 2.73. The fourth-order valence-corrected chi connectivity index (χ4v) is 3.79. The topological polar surface area (TPSA) is 49.4 Å². The molecule has 1 atom stereocenters. The lowest BCUT2D eigenvalue weighted by Gasteiger charge is -2.29. The predicted molar refractivity (Wildman–Crippen MR) is 117 cm³/mol. The van der Waals surface area contributed by atoms with Gasteiger partial charge in [-0.3, -0.25) is 9.59 Å². The van der Waals surface area contributed by atoms with Crippen LogP contribution in [0.4, 0.5) is 4.39 Å². The number of rotatable bonds is 10. The summed E-state index contributed by atoms with van der Waals surface area (Å²) in [6.07, 6.45) is 0.812. The van der Waals surface area contributed by atoms with Crippen LogP contribution in [0.15, 0.2) is 48.5 Å². The van der Waals surface area contributed by atoms with Crippen molar-refractivity contribution in [2.45, 2.75) is 45.5 Å². The maximum absolute atomic E-state index is 14.1. The molecule has 0 radical (unpaired) electrons. The lowest BCUT2D eigenvalue weighted by atomic mass is 10.1. The zero-order valence-corrected chi connectivity index (χ0v) is 18.1. The first kappa shape index (κ1) is 22.9. The third-order valence-electron chi connectivity index (χ3n) is 4.59. The zero-order chi connectivity index (χ0) is 21.2. The number of aryl methyl sites for hydroxylation is 1. The number of nitrogens with one attached hydrogen (secondary N) is 1. The second-order valence-electron chi connectivity index (χ2n) is 7.06. The summed E-state index contributed by atoms with van der Waals surface area (Å²) in [6, 6.07) is 13.8. The van der Waals surface area contributed by atoms with Gasteiger partial charge in [0.2, 0.25) is 11.8 Å². The molecule has 4 nitrogen and oxygen atoms in total. The molecule has 0 aliphatic heterocycles. The van der Waals surface area contributed by atoms with Gasteiger partial charge in [0.05, 0.1) is 5.75 Å². The van der Waals surface area contributed by atoms with Crippen LogP contribution >= 0.6 is 11.8 Å². The molecular formula is C23H29FN2O2S. The maximum Gasteiger partial charge on any atom is 0.242 e. The van der Waals surface area contributed by atoms with Crippen LogP contribution < -0.4 is 5.32 Å². The molecule has 0 saturated heterocycles. The molecule has 0 saturated carbocycles. The molecule has 0 unspecified atom stereocenters. The van der Waals surface area contributed by atoms with E-state index in [1.165, 1.54) is 28.3 Å². The quantitative estimate of drug-likeness (QED) is 0.628. The van der Waals surface area contributed by atoms with E-state index < -0.39 is 6.04 Å². The number of nitrogens with zero attached hydrogens (tertiary/aromatic N) is 1. The highest BCUT2D eigenvalue weighted by atomic mass is 32.2. The summed E-state index contributed by atoms with van der Waals surface area (Å²) in [5, 5.41) is 2.82. The normalized spacial score (nSPS) is 11.7. The molecule has 0 bridgehead atoms. The molecule has 0 spiro atoms. The van der Waals surface area contributed by atoms with E-state index in [4.69, 9.17) is 0 Å². The van der Waals surface area contributed by atoms with Crippen molar-refractivity contribution in [2.75, 3.05) is 12.3 Å². The third kappa shape index (κ3) is 7.20. The van der Waals surface area contributed by atoms with Crippen LogP contribution in [0.5, 0.6) is 0 Å². The fourth-order valence-electron chi connectivity index (χ4n) is 2.93. The molecule has 0 fully saturated rings. The maximum atomic E-state index is 14.1. The van der Waals surface area contributed by atoms with Gasteiger partial charge in [0.15, 0.2) is 0 Å². The van der Waals surface area contributed by atoms with Crippen LogP contribution in [0, 0.1) is 12.7 Å². The largest absolute Gasteiger partial charge is 0.354 e. The van der Waals surface area contributed by atoms with Crippen LogP contribution in [-0.2, 0) is 21.9 Å². The van der Waals surface area contributed by atoms with Gasteiger partial charge in [0.25, 0.3) is 0 Å². The number of carbonyl (C=O) groups excluding carboxylic acids is 2. The molecule has 6 heteroatoms. The average molecular weight is 417 g/mol. The van der Waals surface area contributed by atoms with Gasteiger partial charge in [-0.1, -0.05) is 55.0 Å². The Morgan fingerprint density at radius 3 is 2.62 bits per heavy atom. The van der Waals surface area contributed by atoms with E-state index in [1.807, 2.05) is 32.0 Å². The van der Waals surface area contributed by atoms with Gasteiger partial charge in [0, 0.05) is 24.4 Å². The molecular weight excluding hydrogens is 387 g/mol. The highest BCUT2D eigenvalue weighted by Gasteiger charge is 2.26. The fraction of sp³-hybridized carbons (Fsp3) is 0.391. The molecule has 2 aromatic carbocycles. The highest BCUT2D eigenvalue weighted by molar-refractivity contribution is 7.99. The van der Waals surface area contributed by atoms with Crippen molar-refractivity contribution in [3.63, 3.8) is 0 Å². The van der Waals surface area contributed by atoms with E-state index in [1.54, 1.807) is 25.1 Å². The number of benzene rings is 2. The Hall–Kier alpha value is -2.34. The summed E-state index contributed by atoms with van der Waals surface area (Å²) < 4.78 is 14.1. The zero-order valence-electron chi connectivity index (χ0n) is 17.3. The van der Waals surface area contributed by atoms with Gasteiger partial charge in [-0.25, -0.2) is 4.39 Å². The lowest BCUT2D eigenvalue weighted by molar-refractivity contribution is -0.138. The predicted octanol–water partition coefficient (Wildman–Crippen LogP) is 4.31. The summed E-state index contributed by atoms with van der Waals surface area (Å²) >= 11 is 1.50. The van der Waals surface area contributed by atoms with Gasteiger partial charge in [-0.05, 0) is 31.9 Å². The smallest absolute Gasteiger partial charge is 0.242 e. The van der Waals surface area contributed by atoms with Gasteiger partial charge < -0.3 is 10.2 Å². The van der Waals surface area contributed by atoms with Crippen molar-refractivity contribution in [3.05, 3.63) is 71.0 Å². The number of hydrogen-bond acceptors (Lipinski definition) is 3. The van der Waals surface area contributed by atoms with E-state index in [-0.39, 0.29) is 29.9 Å². The van der Waals surface area contributed by atoms with Gasteiger partial charge in [-0.15, -0.1) is 11.8 Å². The van der Waals surface area contributed by atoms with Crippen LogP contribution in [-0.4, -0.2) is 35.1 Å². The van der Waals surface area contributed by atoms with Crippen LogP contribution in [0.3, 0.4) is 0 Å². The van der Waals surface area contributed by atoms with Crippen molar-refractivity contribution in [3.8, 4) is 0 Å². The second kappa shape index (κ2) is 11.6. The van der Waals surface area contributed by atoms with Crippen molar-refractivity contribution in [2.24, 2.45) is 0 Å². The minimum atomic E-state index is -0.673. The average Bonchev–Trinajstić information content (AvgIpc) is 2.71. The van der Waals surface area contributed by atoms with Crippen molar-refractivity contribution in [1.29, 1.82) is 0 Å². The minimum absolute atomic E-state index is 0.0667. The standard InChI is InChI=1S/C23H29FN2O2S/c1-4-12-25-23(28)18(3)26(14-20-10-5-6-11-21(20)24)22(27)16-29-15-19-9-7-8-17(2)13-19/h5-11,13,18H,4,12,14-16H2,1-3H3,(H,25,28)/t18-/m1/s1. The lowest BCUT2D eigenvalue weighted by Crippen LogP contribution is -2.48. The number of carbonyl (C=O) groups is 2. The molecule has 2 rings (SSSR count). The Bertz CT molecular complexity index is 828. The van der Waals surface area contributed by atoms with Crippen molar-refractivity contribution in [1.82, 2.24) is 10.2 Å². The van der Waals surface area contributed by atoms with E-state index in [0.29, 0.717) is 17.9 Å². The molecule has 0 aromatic heterocycles. The van der Waals surface area contributed by atoms with Gasteiger partial charge >= 0.3 is 0 Å². The molecule has 0 aliphatic rings. The number of hydrogen-bond donors (Lipinski definition) is 1. The first-order valence-electron chi connectivity index (χ1n) is 9.86. The van der Waals surface area contributed by atoms with Gasteiger partial charge in [-0.2, -0.15) is 0 Å². The van der Waals surface area contributed by atoms with Crippen molar-refractivity contribution >= 4 is 23.6 Å². The Morgan fingerprint density at radius 1 is 1.17 bits per heavy atom. The van der Waals surface area contributed by atoms with E-state index in [0.717, 1.165) is 12.0 Å². The van der Waals surface area contributed by atoms with Gasteiger partial charge in [0.1, 0.15) is 11.9 Å². The van der Waals surface area contributed by atoms with Crippen LogP contribution in [0.1, 0.15) is 37.0 Å². The van der Waals surface area contributed by atoms with E-state index in [9.17, 15) is 14.0 Å². The van der Waals surface area contributed by atoms with Crippen LogP contribution in [0.2, 0.25) is 0 Å². The molecule has 0 heterocycles. The monoisotopic (exact) mass is 416 g/mol. The van der Waals surface area contributed by atoms with Crippen molar-refractivity contribution < 1.29 is 14.0 Å². The first-order valence-corrected chi connectivity index (χ1v) is 11.0. The first-order chi connectivity index (χ1) is 13.9. The molecule has 156 valence electrons. The number of amides is 2. The number of thioether (sulfide) groups is 1. The Morgan fingerprint density at radius 2 is 1.93 bits per heavy atom. The molecule has 0 aliphatic carbocycles. The van der Waals surface area contributed by atoms with E-state index >= 15 is 0 Å². The summed E-state index contributed by atoms with van der Waals surface area (Å²) in [4.78, 5) is 26.9. The molecule has 2 aromatic rings.